The molecule has 1 fully saturated rings. The second-order valence-electron chi connectivity index (χ2n) is 5.96. The fourth-order valence-electron chi connectivity index (χ4n) is 3.35. The summed E-state index contributed by atoms with van der Waals surface area (Å²) >= 11 is 0. The van der Waals surface area contributed by atoms with Crippen molar-refractivity contribution < 1.29 is 5.11 Å². The van der Waals surface area contributed by atoms with E-state index in [1.165, 1.54) is 11.1 Å². The van der Waals surface area contributed by atoms with E-state index >= 15 is 0 Å². The van der Waals surface area contributed by atoms with Crippen molar-refractivity contribution in [3.8, 4) is 0 Å². The van der Waals surface area contributed by atoms with E-state index in [0.29, 0.717) is 18.0 Å². The zero-order chi connectivity index (χ0) is 15.2. The predicted molar refractivity (Wildman–Crippen MR) is 89.4 cm³/mol. The standard InChI is InChI=1S/C19H24N2O/c22-12-11-17-14-21-18(16-9-5-2-6-10-16)19(17)20-13-15-7-3-1-4-8-15/h1-10,17-22H,11-14H2. The number of aliphatic hydroxyl groups is 1. The van der Waals surface area contributed by atoms with Gasteiger partial charge >= 0.3 is 0 Å². The van der Waals surface area contributed by atoms with Crippen molar-refractivity contribution >= 4 is 0 Å². The van der Waals surface area contributed by atoms with Crippen LogP contribution in [-0.2, 0) is 6.54 Å². The average Bonchev–Trinajstić information content (AvgIpc) is 2.98. The second-order valence-corrected chi connectivity index (χ2v) is 5.96. The molecule has 116 valence electrons. The lowest BCUT2D eigenvalue weighted by atomic mass is 9.91. The molecule has 3 atom stereocenters. The van der Waals surface area contributed by atoms with Crippen LogP contribution in [0.25, 0.3) is 0 Å². The SMILES string of the molecule is OCCC1CNC(c2ccccc2)C1NCc1ccccc1. The highest BCUT2D eigenvalue weighted by molar-refractivity contribution is 5.23. The second kappa shape index (κ2) is 7.54. The van der Waals surface area contributed by atoms with E-state index in [-0.39, 0.29) is 6.61 Å². The Labute approximate surface area is 132 Å². The van der Waals surface area contributed by atoms with Crippen LogP contribution in [-0.4, -0.2) is 24.3 Å². The number of rotatable bonds is 6. The number of hydrogen-bond acceptors (Lipinski definition) is 3. The van der Waals surface area contributed by atoms with Gasteiger partial charge in [-0.1, -0.05) is 60.7 Å². The molecular weight excluding hydrogens is 272 g/mol. The van der Waals surface area contributed by atoms with Crippen molar-refractivity contribution in [3.05, 3.63) is 71.8 Å². The summed E-state index contributed by atoms with van der Waals surface area (Å²) < 4.78 is 0. The van der Waals surface area contributed by atoms with E-state index in [2.05, 4.69) is 65.2 Å². The molecule has 1 heterocycles. The van der Waals surface area contributed by atoms with Gasteiger partial charge in [0.05, 0.1) is 0 Å². The molecule has 0 aromatic heterocycles. The van der Waals surface area contributed by atoms with Crippen molar-refractivity contribution in [2.45, 2.75) is 25.0 Å². The van der Waals surface area contributed by atoms with Crippen molar-refractivity contribution in [1.82, 2.24) is 10.6 Å². The Kier molecular flexibility index (Phi) is 5.22. The first-order valence-corrected chi connectivity index (χ1v) is 8.05. The molecule has 2 aromatic rings. The fraction of sp³-hybridized carbons (Fsp3) is 0.368. The van der Waals surface area contributed by atoms with Crippen LogP contribution in [0.15, 0.2) is 60.7 Å². The molecule has 0 aliphatic carbocycles. The van der Waals surface area contributed by atoms with Gasteiger partial charge in [0.15, 0.2) is 0 Å². The van der Waals surface area contributed by atoms with Crippen LogP contribution in [0.5, 0.6) is 0 Å². The Bertz CT molecular complexity index is 558. The van der Waals surface area contributed by atoms with Crippen LogP contribution < -0.4 is 10.6 Å². The Hall–Kier alpha value is -1.68. The van der Waals surface area contributed by atoms with Gasteiger partial charge in [-0.25, -0.2) is 0 Å². The summed E-state index contributed by atoms with van der Waals surface area (Å²) in [7, 11) is 0. The summed E-state index contributed by atoms with van der Waals surface area (Å²) in [5, 5.41) is 16.7. The minimum atomic E-state index is 0.247. The molecule has 22 heavy (non-hydrogen) atoms. The topological polar surface area (TPSA) is 44.3 Å². The summed E-state index contributed by atoms with van der Waals surface area (Å²) in [6.07, 6.45) is 0.836. The monoisotopic (exact) mass is 296 g/mol. The van der Waals surface area contributed by atoms with E-state index in [1.54, 1.807) is 0 Å². The molecule has 1 saturated heterocycles. The van der Waals surface area contributed by atoms with Gasteiger partial charge in [0.2, 0.25) is 0 Å². The molecule has 0 amide bonds. The van der Waals surface area contributed by atoms with Gasteiger partial charge in [-0.05, 0) is 23.5 Å². The first-order chi connectivity index (χ1) is 10.9. The highest BCUT2D eigenvalue weighted by Gasteiger charge is 2.35. The number of nitrogens with one attached hydrogen (secondary N) is 2. The predicted octanol–water partition coefficient (Wildman–Crippen LogP) is 2.49. The van der Waals surface area contributed by atoms with Gasteiger partial charge in [-0.2, -0.15) is 0 Å². The maximum atomic E-state index is 9.33. The molecular formula is C19H24N2O. The van der Waals surface area contributed by atoms with E-state index in [9.17, 15) is 5.11 Å². The van der Waals surface area contributed by atoms with Crippen LogP contribution in [0.4, 0.5) is 0 Å². The van der Waals surface area contributed by atoms with Gasteiger partial charge in [0, 0.05) is 31.8 Å². The van der Waals surface area contributed by atoms with Crippen LogP contribution in [0.2, 0.25) is 0 Å². The van der Waals surface area contributed by atoms with E-state index in [0.717, 1.165) is 19.5 Å². The first-order valence-electron chi connectivity index (χ1n) is 8.05. The molecule has 3 N–H and O–H groups in total. The lowest BCUT2D eigenvalue weighted by molar-refractivity contribution is 0.243. The highest BCUT2D eigenvalue weighted by atomic mass is 16.3. The smallest absolute Gasteiger partial charge is 0.0479 e. The molecule has 3 rings (SSSR count). The Morgan fingerprint density at radius 3 is 2.36 bits per heavy atom. The Balaban J connectivity index is 1.72. The third-order valence-electron chi connectivity index (χ3n) is 4.51. The van der Waals surface area contributed by atoms with Crippen molar-refractivity contribution in [1.29, 1.82) is 0 Å². The average molecular weight is 296 g/mol. The molecule has 0 radical (unpaired) electrons. The molecule has 0 bridgehead atoms. The summed E-state index contributed by atoms with van der Waals surface area (Å²) in [6, 6.07) is 21.7. The zero-order valence-corrected chi connectivity index (χ0v) is 12.8. The van der Waals surface area contributed by atoms with E-state index in [4.69, 9.17) is 0 Å². The zero-order valence-electron chi connectivity index (χ0n) is 12.8. The van der Waals surface area contributed by atoms with Crippen LogP contribution in [0.1, 0.15) is 23.6 Å². The maximum absolute atomic E-state index is 9.33. The van der Waals surface area contributed by atoms with Crippen molar-refractivity contribution in [3.63, 3.8) is 0 Å². The first kappa shape index (κ1) is 15.2. The summed E-state index contributed by atoms with van der Waals surface area (Å²) in [6.45, 7) is 2.06. The summed E-state index contributed by atoms with van der Waals surface area (Å²) in [5.74, 6) is 0.457. The lowest BCUT2D eigenvalue weighted by Gasteiger charge is -2.25. The van der Waals surface area contributed by atoms with Crippen molar-refractivity contribution in [2.75, 3.05) is 13.2 Å². The van der Waals surface area contributed by atoms with E-state index < -0.39 is 0 Å². The van der Waals surface area contributed by atoms with Crippen LogP contribution in [0.3, 0.4) is 0 Å². The molecule has 3 unspecified atom stereocenters. The maximum Gasteiger partial charge on any atom is 0.0479 e. The van der Waals surface area contributed by atoms with E-state index in [1.807, 2.05) is 6.07 Å². The number of aliphatic hydroxyl groups excluding tert-OH is 1. The molecule has 0 spiro atoms. The fourth-order valence-corrected chi connectivity index (χ4v) is 3.35. The van der Waals surface area contributed by atoms with Crippen LogP contribution >= 0.6 is 0 Å². The molecule has 3 nitrogen and oxygen atoms in total. The molecule has 1 aliphatic heterocycles. The normalized spacial score (nSPS) is 24.5. The molecule has 0 saturated carbocycles. The minimum Gasteiger partial charge on any atom is -0.396 e. The van der Waals surface area contributed by atoms with Gasteiger partial charge in [-0.3, -0.25) is 0 Å². The van der Waals surface area contributed by atoms with Crippen molar-refractivity contribution in [2.24, 2.45) is 5.92 Å². The molecule has 3 heteroatoms. The lowest BCUT2D eigenvalue weighted by Crippen LogP contribution is -2.38. The summed E-state index contributed by atoms with van der Waals surface area (Å²) in [4.78, 5) is 0. The van der Waals surface area contributed by atoms with Gasteiger partial charge in [-0.15, -0.1) is 0 Å². The molecule has 1 aliphatic rings. The third-order valence-corrected chi connectivity index (χ3v) is 4.51. The Morgan fingerprint density at radius 1 is 1.00 bits per heavy atom. The highest BCUT2D eigenvalue weighted by Crippen LogP contribution is 2.29. The van der Waals surface area contributed by atoms with Gasteiger partial charge in [0.1, 0.15) is 0 Å². The quantitative estimate of drug-likeness (QED) is 0.767. The molecule has 2 aromatic carbocycles. The summed E-state index contributed by atoms with van der Waals surface area (Å²) in [5.41, 5.74) is 2.61. The van der Waals surface area contributed by atoms with Gasteiger partial charge in [0.25, 0.3) is 0 Å². The number of hydrogen-bond donors (Lipinski definition) is 3. The minimum absolute atomic E-state index is 0.247. The van der Waals surface area contributed by atoms with Gasteiger partial charge < -0.3 is 15.7 Å². The third kappa shape index (κ3) is 3.55. The Morgan fingerprint density at radius 2 is 1.68 bits per heavy atom. The largest absolute Gasteiger partial charge is 0.396 e. The number of benzene rings is 2. The van der Waals surface area contributed by atoms with Crippen LogP contribution in [0, 0.1) is 5.92 Å².